The molecule has 0 aliphatic heterocycles. The van der Waals surface area contributed by atoms with Gasteiger partial charge in [-0.15, -0.1) is 0 Å². The smallest absolute Gasteiger partial charge is 0.321 e. The monoisotopic (exact) mass is 149 g/mol. The minimum Gasteiger partial charge on any atom is -0.480 e. The molecule has 2 N–H and O–H groups in total. The van der Waals surface area contributed by atoms with E-state index in [4.69, 9.17) is 5.11 Å². The number of carboxylic acid groups (broad SMARTS) is 1. The highest BCUT2D eigenvalue weighted by Gasteiger charge is 2.12. The van der Waals surface area contributed by atoms with Crippen LogP contribution in [0, 0.1) is 0 Å². The maximum absolute atomic E-state index is 10.2. The van der Waals surface area contributed by atoms with Crippen LogP contribution in [0.25, 0.3) is 0 Å². The number of hydrogen-bond acceptors (Lipinski definition) is 3. The fraction of sp³-hybridized carbons (Fsp3) is 0.800. The molecule has 0 radical (unpaired) electrons. The van der Waals surface area contributed by atoms with Gasteiger partial charge < -0.3 is 5.11 Å². The van der Waals surface area contributed by atoms with Gasteiger partial charge in [0.15, 0.2) is 0 Å². The SMILES string of the molecule is CCC[C@H](NS)C(=O)O. The molecule has 0 amide bonds. The van der Waals surface area contributed by atoms with E-state index in [1.807, 2.05) is 6.92 Å². The van der Waals surface area contributed by atoms with Crippen molar-refractivity contribution < 1.29 is 9.90 Å². The van der Waals surface area contributed by atoms with Crippen LogP contribution < -0.4 is 4.72 Å². The second-order valence-corrected chi connectivity index (χ2v) is 2.07. The number of thiol groups is 1. The summed E-state index contributed by atoms with van der Waals surface area (Å²) in [5.41, 5.74) is 0. The number of carbonyl (C=O) groups is 1. The number of rotatable bonds is 4. The second-order valence-electron chi connectivity index (χ2n) is 1.81. The molecule has 1 atom stereocenters. The molecule has 0 aromatic carbocycles. The highest BCUT2D eigenvalue weighted by atomic mass is 32.1. The third-order valence-electron chi connectivity index (χ3n) is 1.03. The summed E-state index contributed by atoms with van der Waals surface area (Å²) in [6.07, 6.45) is 1.48. The Kier molecular flexibility index (Phi) is 4.53. The van der Waals surface area contributed by atoms with Gasteiger partial charge in [-0.2, -0.15) is 0 Å². The molecule has 0 aromatic rings. The maximum Gasteiger partial charge on any atom is 0.321 e. The predicted octanol–water partition coefficient (Wildman–Crippen LogP) is 0.674. The van der Waals surface area contributed by atoms with Crippen molar-refractivity contribution in [3.63, 3.8) is 0 Å². The highest BCUT2D eigenvalue weighted by molar-refractivity contribution is 7.78. The first-order valence-corrected chi connectivity index (χ1v) is 3.29. The average Bonchev–Trinajstić information content (AvgIpc) is 1.82. The van der Waals surface area contributed by atoms with E-state index in [1.54, 1.807) is 0 Å². The minimum absolute atomic E-state index is 0.502. The van der Waals surface area contributed by atoms with Crippen LogP contribution in [0.5, 0.6) is 0 Å². The first kappa shape index (κ1) is 8.78. The van der Waals surface area contributed by atoms with Crippen LogP contribution in [-0.2, 0) is 4.79 Å². The first-order valence-electron chi connectivity index (χ1n) is 2.84. The van der Waals surface area contributed by atoms with Crippen molar-refractivity contribution in [3.8, 4) is 0 Å². The zero-order valence-electron chi connectivity index (χ0n) is 5.29. The van der Waals surface area contributed by atoms with Crippen LogP contribution in [-0.4, -0.2) is 17.1 Å². The Morgan fingerprint density at radius 3 is 2.56 bits per heavy atom. The molecule has 0 fully saturated rings. The van der Waals surface area contributed by atoms with E-state index in [0.717, 1.165) is 6.42 Å². The van der Waals surface area contributed by atoms with E-state index in [1.165, 1.54) is 0 Å². The van der Waals surface area contributed by atoms with E-state index in [2.05, 4.69) is 17.5 Å². The summed E-state index contributed by atoms with van der Waals surface area (Å²) in [4.78, 5) is 10.2. The molecule has 0 rings (SSSR count). The summed E-state index contributed by atoms with van der Waals surface area (Å²) in [5, 5.41) is 8.39. The van der Waals surface area contributed by atoms with E-state index >= 15 is 0 Å². The lowest BCUT2D eigenvalue weighted by Crippen LogP contribution is -2.30. The third kappa shape index (κ3) is 3.37. The van der Waals surface area contributed by atoms with Crippen LogP contribution in [0.3, 0.4) is 0 Å². The van der Waals surface area contributed by atoms with Crippen LogP contribution in [0.15, 0.2) is 0 Å². The summed E-state index contributed by atoms with van der Waals surface area (Å²) in [6.45, 7) is 1.93. The van der Waals surface area contributed by atoms with Gasteiger partial charge in [-0.1, -0.05) is 26.2 Å². The highest BCUT2D eigenvalue weighted by Crippen LogP contribution is 1.96. The van der Waals surface area contributed by atoms with E-state index in [-0.39, 0.29) is 0 Å². The molecule has 0 bridgehead atoms. The van der Waals surface area contributed by atoms with Crippen molar-refractivity contribution in [1.29, 1.82) is 0 Å². The fourth-order valence-corrected chi connectivity index (χ4v) is 0.771. The summed E-state index contributed by atoms with van der Waals surface area (Å²) in [6, 6.07) is -0.502. The molecule has 0 aromatic heterocycles. The Bertz CT molecular complexity index is 97.0. The molecule has 0 aliphatic carbocycles. The van der Waals surface area contributed by atoms with Crippen LogP contribution in [0.2, 0.25) is 0 Å². The van der Waals surface area contributed by atoms with Crippen molar-refractivity contribution in [2.24, 2.45) is 0 Å². The Balaban J connectivity index is 3.54. The van der Waals surface area contributed by atoms with Gasteiger partial charge in [0.1, 0.15) is 6.04 Å². The zero-order chi connectivity index (χ0) is 7.28. The Morgan fingerprint density at radius 2 is 2.44 bits per heavy atom. The molecule has 0 aliphatic rings. The topological polar surface area (TPSA) is 49.3 Å². The van der Waals surface area contributed by atoms with Crippen molar-refractivity contribution in [2.75, 3.05) is 0 Å². The lowest BCUT2D eigenvalue weighted by molar-refractivity contribution is -0.139. The first-order chi connectivity index (χ1) is 4.22. The van der Waals surface area contributed by atoms with Crippen molar-refractivity contribution >= 4 is 18.8 Å². The van der Waals surface area contributed by atoms with Gasteiger partial charge in [0.25, 0.3) is 0 Å². The molecule has 54 valence electrons. The summed E-state index contributed by atoms with van der Waals surface area (Å²) < 4.78 is 2.40. The van der Waals surface area contributed by atoms with Gasteiger partial charge >= 0.3 is 5.97 Å². The second kappa shape index (κ2) is 4.64. The molecule has 0 saturated heterocycles. The fourth-order valence-electron chi connectivity index (χ4n) is 0.532. The van der Waals surface area contributed by atoms with Crippen molar-refractivity contribution in [3.05, 3.63) is 0 Å². The molecular formula is C5H11NO2S. The van der Waals surface area contributed by atoms with Gasteiger partial charge in [0, 0.05) is 0 Å². The third-order valence-corrected chi connectivity index (χ3v) is 1.34. The number of aliphatic carboxylic acids is 1. The Morgan fingerprint density at radius 1 is 1.89 bits per heavy atom. The quantitative estimate of drug-likeness (QED) is 0.515. The Hall–Kier alpha value is -0.220. The molecule has 9 heavy (non-hydrogen) atoms. The molecule has 0 unspecified atom stereocenters. The van der Waals surface area contributed by atoms with E-state index in [9.17, 15) is 4.79 Å². The van der Waals surface area contributed by atoms with E-state index in [0.29, 0.717) is 6.42 Å². The normalized spacial score (nSPS) is 13.1. The summed E-state index contributed by atoms with van der Waals surface area (Å²) in [5.74, 6) is -0.841. The molecule has 3 nitrogen and oxygen atoms in total. The van der Waals surface area contributed by atoms with Gasteiger partial charge in [-0.05, 0) is 6.42 Å². The predicted molar refractivity (Wildman–Crippen MR) is 38.5 cm³/mol. The van der Waals surface area contributed by atoms with Crippen molar-refractivity contribution in [1.82, 2.24) is 4.72 Å². The van der Waals surface area contributed by atoms with Gasteiger partial charge in [0.05, 0.1) is 0 Å². The molecule has 0 heterocycles. The van der Waals surface area contributed by atoms with Crippen LogP contribution in [0.1, 0.15) is 19.8 Å². The van der Waals surface area contributed by atoms with Gasteiger partial charge in [-0.3, -0.25) is 9.52 Å². The molecular weight excluding hydrogens is 138 g/mol. The average molecular weight is 149 g/mol. The number of hydrogen-bond donors (Lipinski definition) is 3. The lowest BCUT2D eigenvalue weighted by atomic mass is 10.2. The Labute approximate surface area is 60.0 Å². The molecule has 4 heteroatoms. The van der Waals surface area contributed by atoms with Gasteiger partial charge in [0.2, 0.25) is 0 Å². The number of carboxylic acids is 1. The maximum atomic E-state index is 10.2. The van der Waals surface area contributed by atoms with Crippen LogP contribution >= 0.6 is 12.8 Å². The standard InChI is InChI=1S/C5H11NO2S/c1-2-3-4(6-9)5(7)8/h4,6,9H,2-3H2,1H3,(H,7,8)/t4-/m0/s1. The summed E-state index contributed by atoms with van der Waals surface area (Å²) in [7, 11) is 0. The largest absolute Gasteiger partial charge is 0.480 e. The van der Waals surface area contributed by atoms with E-state index < -0.39 is 12.0 Å². The molecule has 0 spiro atoms. The lowest BCUT2D eigenvalue weighted by Gasteiger charge is -2.06. The number of nitrogens with one attached hydrogen (secondary N) is 1. The minimum atomic E-state index is -0.841. The van der Waals surface area contributed by atoms with Gasteiger partial charge in [-0.25, -0.2) is 0 Å². The molecule has 0 saturated carbocycles. The van der Waals surface area contributed by atoms with Crippen LogP contribution in [0.4, 0.5) is 0 Å². The zero-order valence-corrected chi connectivity index (χ0v) is 6.19. The van der Waals surface area contributed by atoms with Crippen molar-refractivity contribution in [2.45, 2.75) is 25.8 Å². The summed E-state index contributed by atoms with van der Waals surface area (Å²) >= 11 is 3.66.